The first-order valence-electron chi connectivity index (χ1n) is 5.49. The maximum absolute atomic E-state index is 12.8. The highest BCUT2D eigenvalue weighted by atomic mass is 79.9. The van der Waals surface area contributed by atoms with Crippen molar-refractivity contribution in [2.75, 3.05) is 0 Å². The SMILES string of the molecule is C[C@H](NCc1cc(Br)c(Br)s1)c1ccc(F)cc1. The Balaban J connectivity index is 1.95. The molecule has 96 valence electrons. The Labute approximate surface area is 127 Å². The van der Waals surface area contributed by atoms with Gasteiger partial charge in [-0.1, -0.05) is 12.1 Å². The second-order valence-corrected chi connectivity index (χ2v) is 7.30. The molecule has 0 aliphatic carbocycles. The van der Waals surface area contributed by atoms with Gasteiger partial charge >= 0.3 is 0 Å². The van der Waals surface area contributed by atoms with Crippen LogP contribution in [0.2, 0.25) is 0 Å². The summed E-state index contributed by atoms with van der Waals surface area (Å²) in [5, 5.41) is 3.42. The lowest BCUT2D eigenvalue weighted by Crippen LogP contribution is -2.17. The van der Waals surface area contributed by atoms with Crippen LogP contribution in [0.3, 0.4) is 0 Å². The molecule has 0 unspecified atom stereocenters. The fourth-order valence-electron chi connectivity index (χ4n) is 1.60. The molecule has 0 aliphatic rings. The Morgan fingerprint density at radius 3 is 2.50 bits per heavy atom. The van der Waals surface area contributed by atoms with Crippen molar-refractivity contribution in [3.63, 3.8) is 0 Å². The van der Waals surface area contributed by atoms with Gasteiger partial charge in [0.1, 0.15) is 5.82 Å². The van der Waals surface area contributed by atoms with Gasteiger partial charge in [-0.2, -0.15) is 0 Å². The maximum Gasteiger partial charge on any atom is 0.123 e. The highest BCUT2D eigenvalue weighted by Gasteiger charge is 2.07. The summed E-state index contributed by atoms with van der Waals surface area (Å²) < 4.78 is 15.0. The van der Waals surface area contributed by atoms with E-state index in [0.717, 1.165) is 20.4 Å². The van der Waals surface area contributed by atoms with Crippen LogP contribution < -0.4 is 5.32 Å². The van der Waals surface area contributed by atoms with Crippen molar-refractivity contribution in [2.24, 2.45) is 0 Å². The maximum atomic E-state index is 12.8. The summed E-state index contributed by atoms with van der Waals surface area (Å²) in [6.07, 6.45) is 0. The Morgan fingerprint density at radius 1 is 1.28 bits per heavy atom. The number of thiophene rings is 1. The van der Waals surface area contributed by atoms with Crippen molar-refractivity contribution >= 4 is 43.2 Å². The lowest BCUT2D eigenvalue weighted by atomic mass is 10.1. The lowest BCUT2D eigenvalue weighted by molar-refractivity contribution is 0.575. The number of hydrogen-bond donors (Lipinski definition) is 1. The molecule has 1 heterocycles. The summed E-state index contributed by atoms with van der Waals surface area (Å²) in [5.74, 6) is -0.197. The summed E-state index contributed by atoms with van der Waals surface area (Å²) in [6, 6.07) is 8.90. The number of nitrogens with one attached hydrogen (secondary N) is 1. The number of hydrogen-bond acceptors (Lipinski definition) is 2. The first kappa shape index (κ1) is 14.2. The van der Waals surface area contributed by atoms with Crippen molar-refractivity contribution in [2.45, 2.75) is 19.5 Å². The van der Waals surface area contributed by atoms with Crippen molar-refractivity contribution in [1.29, 1.82) is 0 Å². The van der Waals surface area contributed by atoms with Crippen LogP contribution in [0.1, 0.15) is 23.4 Å². The van der Waals surface area contributed by atoms with Gasteiger partial charge < -0.3 is 5.32 Å². The van der Waals surface area contributed by atoms with E-state index < -0.39 is 0 Å². The first-order valence-corrected chi connectivity index (χ1v) is 7.89. The summed E-state index contributed by atoms with van der Waals surface area (Å²) in [7, 11) is 0. The smallest absolute Gasteiger partial charge is 0.123 e. The monoisotopic (exact) mass is 391 g/mol. The minimum absolute atomic E-state index is 0.197. The molecule has 1 nitrogen and oxygen atoms in total. The topological polar surface area (TPSA) is 12.0 Å². The van der Waals surface area contributed by atoms with E-state index in [1.807, 2.05) is 12.1 Å². The molecule has 1 atom stereocenters. The lowest BCUT2D eigenvalue weighted by Gasteiger charge is -2.13. The number of halogens is 3. The molecule has 18 heavy (non-hydrogen) atoms. The first-order chi connectivity index (χ1) is 8.56. The molecule has 5 heteroatoms. The van der Waals surface area contributed by atoms with Gasteiger partial charge in [0, 0.05) is 21.9 Å². The van der Waals surface area contributed by atoms with E-state index in [0.29, 0.717) is 0 Å². The average molecular weight is 393 g/mol. The zero-order valence-electron chi connectivity index (χ0n) is 9.71. The zero-order chi connectivity index (χ0) is 13.1. The molecule has 1 aromatic carbocycles. The second kappa shape index (κ2) is 6.28. The van der Waals surface area contributed by atoms with Gasteiger partial charge in [-0.25, -0.2) is 4.39 Å². The second-order valence-electron chi connectivity index (χ2n) is 3.99. The average Bonchev–Trinajstić information content (AvgIpc) is 2.67. The van der Waals surface area contributed by atoms with E-state index >= 15 is 0 Å². The van der Waals surface area contributed by atoms with Crippen LogP contribution in [-0.4, -0.2) is 0 Å². The van der Waals surface area contributed by atoms with Gasteiger partial charge in [0.25, 0.3) is 0 Å². The molecule has 2 rings (SSSR count). The summed E-state index contributed by atoms with van der Waals surface area (Å²) in [6.45, 7) is 2.87. The van der Waals surface area contributed by atoms with Crippen LogP contribution in [-0.2, 0) is 6.54 Å². The summed E-state index contributed by atoms with van der Waals surface area (Å²) in [4.78, 5) is 1.25. The molecule has 0 saturated carbocycles. The summed E-state index contributed by atoms with van der Waals surface area (Å²) in [5.41, 5.74) is 1.09. The highest BCUT2D eigenvalue weighted by Crippen LogP contribution is 2.32. The molecule has 0 bridgehead atoms. The zero-order valence-corrected chi connectivity index (χ0v) is 13.7. The molecular formula is C13H12Br2FNS. The van der Waals surface area contributed by atoms with Crippen LogP contribution in [0.25, 0.3) is 0 Å². The van der Waals surface area contributed by atoms with Crippen molar-refractivity contribution in [3.05, 3.63) is 54.8 Å². The third-order valence-electron chi connectivity index (χ3n) is 2.65. The van der Waals surface area contributed by atoms with Crippen LogP contribution in [0.5, 0.6) is 0 Å². The molecule has 2 aromatic rings. The molecule has 0 radical (unpaired) electrons. The normalized spacial score (nSPS) is 12.7. The minimum atomic E-state index is -0.197. The van der Waals surface area contributed by atoms with Crippen molar-refractivity contribution < 1.29 is 4.39 Å². The largest absolute Gasteiger partial charge is 0.305 e. The minimum Gasteiger partial charge on any atom is -0.305 e. The molecule has 1 N–H and O–H groups in total. The van der Waals surface area contributed by atoms with Gasteiger partial charge in [-0.05, 0) is 62.5 Å². The van der Waals surface area contributed by atoms with E-state index in [9.17, 15) is 4.39 Å². The quantitative estimate of drug-likeness (QED) is 0.747. The van der Waals surface area contributed by atoms with Crippen LogP contribution >= 0.6 is 43.2 Å². The van der Waals surface area contributed by atoms with Gasteiger partial charge in [0.15, 0.2) is 0 Å². The third kappa shape index (κ3) is 3.63. The van der Waals surface area contributed by atoms with Gasteiger partial charge in [0.2, 0.25) is 0 Å². The Hall–Kier alpha value is -0.230. The van der Waals surface area contributed by atoms with Gasteiger partial charge in [-0.15, -0.1) is 11.3 Å². The molecule has 0 fully saturated rings. The molecular weight excluding hydrogens is 381 g/mol. The van der Waals surface area contributed by atoms with Crippen LogP contribution in [0, 0.1) is 5.82 Å². The number of benzene rings is 1. The Kier molecular flexibility index (Phi) is 4.95. The van der Waals surface area contributed by atoms with E-state index in [1.165, 1.54) is 17.0 Å². The third-order valence-corrected chi connectivity index (χ3v) is 5.90. The Morgan fingerprint density at radius 2 is 1.94 bits per heavy atom. The predicted octanol–water partition coefficient (Wildman–Crippen LogP) is 5.26. The van der Waals surface area contributed by atoms with Crippen molar-refractivity contribution in [3.8, 4) is 0 Å². The number of rotatable bonds is 4. The van der Waals surface area contributed by atoms with Crippen LogP contribution in [0.4, 0.5) is 4.39 Å². The Bertz CT molecular complexity index is 505. The molecule has 0 amide bonds. The highest BCUT2D eigenvalue weighted by molar-refractivity contribution is 9.13. The fourth-order valence-corrected chi connectivity index (χ4v) is 3.73. The van der Waals surface area contributed by atoms with Crippen LogP contribution in [0.15, 0.2) is 38.6 Å². The summed E-state index contributed by atoms with van der Waals surface area (Å²) >= 11 is 8.65. The predicted molar refractivity (Wildman–Crippen MR) is 81.4 cm³/mol. The van der Waals surface area contributed by atoms with Gasteiger partial charge in [-0.3, -0.25) is 0 Å². The van der Waals surface area contributed by atoms with E-state index in [-0.39, 0.29) is 11.9 Å². The molecule has 0 aliphatic heterocycles. The fraction of sp³-hybridized carbons (Fsp3) is 0.231. The van der Waals surface area contributed by atoms with Crippen molar-refractivity contribution in [1.82, 2.24) is 5.32 Å². The van der Waals surface area contributed by atoms with E-state index in [2.05, 4.69) is 50.2 Å². The molecule has 1 aromatic heterocycles. The molecule has 0 saturated heterocycles. The molecule has 0 spiro atoms. The van der Waals surface area contributed by atoms with E-state index in [4.69, 9.17) is 0 Å². The van der Waals surface area contributed by atoms with Gasteiger partial charge in [0.05, 0.1) is 3.79 Å². The van der Waals surface area contributed by atoms with E-state index in [1.54, 1.807) is 11.3 Å². The standard InChI is InChI=1S/C13H12Br2FNS/c1-8(9-2-4-10(16)5-3-9)17-7-11-6-12(14)13(15)18-11/h2-6,8,17H,7H2,1H3/t8-/m0/s1.